The number of benzene rings is 4. The van der Waals surface area contributed by atoms with E-state index in [2.05, 4.69) is 196 Å². The van der Waals surface area contributed by atoms with E-state index in [0.717, 1.165) is 117 Å². The molecular weight excluding hydrogens is 793 g/mol. The standard InChI is InChI=1S/C59H56N6/c1-30-21-34(5)51(35(6)22-30)55-43-14-15-44(62-43)56(52-36(7)23-31(2)24-37(52)8)46-18-19-48(64-46)58(54-40(11)27-33(4)28-41(54)12)59-42(13-20-50(60)61)29-49(65-59)57(47-17-16-45(55)63-47)53-38(9)25-32(3)26-39(53)10/h14-19,21-29,62,65H,1-12H3,(H3,60,61)/p+1. The third kappa shape index (κ3) is 7.61. The summed E-state index contributed by atoms with van der Waals surface area (Å²) in [6, 6.07) is 24.6. The van der Waals surface area contributed by atoms with Gasteiger partial charge < -0.3 is 9.97 Å². The summed E-state index contributed by atoms with van der Waals surface area (Å²) in [6.45, 7) is 26.2. The Labute approximate surface area is 383 Å². The minimum atomic E-state index is 0.0461. The number of nitrogens with two attached hydrogens (primary N) is 2. The first-order valence-corrected chi connectivity index (χ1v) is 22.4. The fourth-order valence-electron chi connectivity index (χ4n) is 10.9. The SMILES string of the molecule is Cc1cc(C)c(-c2c3nc(c(-c4c(C)cc(C)cc4C)c4cc(C#CC(N)=[NH2+])c([nH]4)c(-c4c(C)cc(C)cc4C)c4nc(c(-c5c(C)cc(C)cc5C)c5ccc2[nH]5)C=C4)C=C3)c(C)c1. The van der Waals surface area contributed by atoms with E-state index in [1.807, 2.05) is 0 Å². The molecule has 0 spiro atoms. The van der Waals surface area contributed by atoms with Crippen molar-refractivity contribution in [2.45, 2.75) is 83.1 Å². The van der Waals surface area contributed by atoms with Gasteiger partial charge in [0.15, 0.2) is 0 Å². The molecule has 9 rings (SSSR count). The molecule has 2 aliphatic heterocycles. The summed E-state index contributed by atoms with van der Waals surface area (Å²) in [5.74, 6) is 6.46. The molecule has 4 aromatic carbocycles. The van der Waals surface area contributed by atoms with Crippen molar-refractivity contribution in [3.05, 3.63) is 162 Å². The van der Waals surface area contributed by atoms with E-state index >= 15 is 0 Å². The molecule has 0 aliphatic carbocycles. The fraction of sp³-hybridized carbons (Fsp3) is 0.203. The van der Waals surface area contributed by atoms with Gasteiger partial charge >= 0.3 is 5.84 Å². The molecule has 0 unspecified atom stereocenters. The number of hydrogen-bond acceptors (Lipinski definition) is 2. The first-order valence-electron chi connectivity index (χ1n) is 22.4. The number of aromatic nitrogens is 4. The molecule has 5 heterocycles. The number of aryl methyl sites for hydroxylation is 12. The average molecular weight is 850 g/mol. The predicted octanol–water partition coefficient (Wildman–Crippen LogP) is 12.5. The number of H-pyrrole nitrogens is 2. The van der Waals surface area contributed by atoms with Gasteiger partial charge in [0.25, 0.3) is 0 Å². The molecule has 65 heavy (non-hydrogen) atoms. The second-order valence-corrected chi connectivity index (χ2v) is 18.5. The zero-order chi connectivity index (χ0) is 46.2. The van der Waals surface area contributed by atoms with E-state index in [9.17, 15) is 0 Å². The van der Waals surface area contributed by atoms with Crippen LogP contribution in [0.3, 0.4) is 0 Å². The van der Waals surface area contributed by atoms with Crippen molar-refractivity contribution in [2.24, 2.45) is 5.73 Å². The number of aromatic amines is 2. The normalized spacial score (nSPS) is 11.9. The molecule has 2 aliphatic rings. The van der Waals surface area contributed by atoms with Crippen LogP contribution in [-0.4, -0.2) is 25.8 Å². The lowest BCUT2D eigenvalue weighted by Gasteiger charge is -2.15. The van der Waals surface area contributed by atoms with Crippen molar-refractivity contribution in [1.29, 1.82) is 0 Å². The van der Waals surface area contributed by atoms with E-state index in [1.54, 1.807) is 0 Å². The van der Waals surface area contributed by atoms with Crippen LogP contribution in [0.25, 0.3) is 90.9 Å². The van der Waals surface area contributed by atoms with Crippen molar-refractivity contribution in [3.63, 3.8) is 0 Å². The van der Waals surface area contributed by atoms with Crippen molar-refractivity contribution < 1.29 is 5.41 Å². The van der Waals surface area contributed by atoms with E-state index in [0.29, 0.717) is 0 Å². The van der Waals surface area contributed by atoms with Gasteiger partial charge in [0, 0.05) is 44.7 Å². The van der Waals surface area contributed by atoms with E-state index in [-0.39, 0.29) is 5.84 Å². The van der Waals surface area contributed by atoms with Crippen LogP contribution < -0.4 is 11.1 Å². The number of amidine groups is 1. The summed E-state index contributed by atoms with van der Waals surface area (Å²) in [5, 5.41) is 6.10. The monoisotopic (exact) mass is 849 g/mol. The third-order valence-electron chi connectivity index (χ3n) is 12.9. The molecule has 8 bridgehead atoms. The van der Waals surface area contributed by atoms with Gasteiger partial charge in [-0.15, -0.1) is 0 Å². The zero-order valence-corrected chi connectivity index (χ0v) is 39.7. The molecule has 7 aromatic rings. The highest BCUT2D eigenvalue weighted by Crippen LogP contribution is 2.43. The van der Waals surface area contributed by atoms with Crippen LogP contribution in [0.1, 0.15) is 95.1 Å². The molecule has 0 saturated heterocycles. The van der Waals surface area contributed by atoms with Crippen LogP contribution in [0.5, 0.6) is 0 Å². The van der Waals surface area contributed by atoms with Gasteiger partial charge in [0.2, 0.25) is 0 Å². The molecule has 0 saturated carbocycles. The van der Waals surface area contributed by atoms with Gasteiger partial charge in [-0.05, 0) is 192 Å². The van der Waals surface area contributed by atoms with Crippen molar-refractivity contribution in [2.75, 3.05) is 0 Å². The minimum Gasteiger partial charge on any atom is -0.354 e. The number of fused-ring (bicyclic) bond motifs is 8. The van der Waals surface area contributed by atoms with E-state index in [1.165, 1.54) is 44.5 Å². The van der Waals surface area contributed by atoms with E-state index in [4.69, 9.17) is 21.1 Å². The van der Waals surface area contributed by atoms with Gasteiger partial charge in [0.05, 0.1) is 33.9 Å². The second kappa shape index (κ2) is 16.3. The fourth-order valence-corrected chi connectivity index (χ4v) is 10.9. The maximum Gasteiger partial charge on any atom is 0.317 e. The molecule has 6 N–H and O–H groups in total. The Kier molecular flexibility index (Phi) is 10.7. The number of hydrogen-bond donors (Lipinski definition) is 4. The maximum absolute atomic E-state index is 6.10. The molecule has 0 amide bonds. The van der Waals surface area contributed by atoms with Crippen LogP contribution in [0.15, 0.2) is 66.7 Å². The first kappa shape index (κ1) is 42.8. The van der Waals surface area contributed by atoms with Gasteiger partial charge in [-0.25, -0.2) is 9.97 Å². The lowest BCUT2D eigenvalue weighted by atomic mass is 9.92. The van der Waals surface area contributed by atoms with Gasteiger partial charge in [-0.1, -0.05) is 76.7 Å². The second-order valence-electron chi connectivity index (χ2n) is 18.5. The Balaban J connectivity index is 1.60. The maximum atomic E-state index is 6.10. The molecule has 3 aromatic heterocycles. The molecule has 6 heteroatoms. The Hall–Kier alpha value is -7.49. The molecule has 0 fully saturated rings. The predicted molar refractivity (Wildman–Crippen MR) is 275 cm³/mol. The van der Waals surface area contributed by atoms with Crippen molar-refractivity contribution >= 4 is 52.2 Å². The Morgan fingerprint density at radius 3 is 1.06 bits per heavy atom. The van der Waals surface area contributed by atoms with Crippen molar-refractivity contribution in [1.82, 2.24) is 19.9 Å². The Morgan fingerprint density at radius 2 is 0.723 bits per heavy atom. The summed E-state index contributed by atoms with van der Waals surface area (Å²) >= 11 is 0. The smallest absolute Gasteiger partial charge is 0.317 e. The first-order chi connectivity index (χ1) is 31.0. The number of rotatable bonds is 4. The highest BCUT2D eigenvalue weighted by Gasteiger charge is 2.24. The minimum absolute atomic E-state index is 0.0461. The quantitative estimate of drug-likeness (QED) is 0.0804. The highest BCUT2D eigenvalue weighted by atomic mass is 14.8. The van der Waals surface area contributed by atoms with Crippen LogP contribution >= 0.6 is 0 Å². The zero-order valence-electron chi connectivity index (χ0n) is 39.7. The lowest BCUT2D eigenvalue weighted by Crippen LogP contribution is -2.44. The summed E-state index contributed by atoms with van der Waals surface area (Å²) in [5.41, 5.74) is 36.7. The summed E-state index contributed by atoms with van der Waals surface area (Å²) in [6.07, 6.45) is 8.67. The largest absolute Gasteiger partial charge is 0.354 e. The third-order valence-corrected chi connectivity index (χ3v) is 12.9. The summed E-state index contributed by atoms with van der Waals surface area (Å²) in [7, 11) is 0. The highest BCUT2D eigenvalue weighted by molar-refractivity contribution is 6.04. The van der Waals surface area contributed by atoms with E-state index < -0.39 is 0 Å². The van der Waals surface area contributed by atoms with Crippen LogP contribution in [0, 0.1) is 94.9 Å². The Bertz CT molecular complexity index is 3440. The number of nitrogens with zero attached hydrogens (tertiary/aromatic N) is 2. The van der Waals surface area contributed by atoms with Crippen LogP contribution in [0.4, 0.5) is 0 Å². The van der Waals surface area contributed by atoms with Gasteiger partial charge in [0.1, 0.15) is 0 Å². The van der Waals surface area contributed by atoms with Gasteiger partial charge in [-0.2, -0.15) is 0 Å². The van der Waals surface area contributed by atoms with Crippen LogP contribution in [-0.2, 0) is 0 Å². The Morgan fingerprint density at radius 1 is 0.415 bits per heavy atom. The number of nitrogens with one attached hydrogen (secondary N) is 2. The topological polar surface area (TPSA) is 109 Å². The molecule has 0 radical (unpaired) electrons. The molecule has 0 atom stereocenters. The summed E-state index contributed by atoms with van der Waals surface area (Å²) < 4.78 is 0. The van der Waals surface area contributed by atoms with Crippen LogP contribution in [0.2, 0.25) is 0 Å². The van der Waals surface area contributed by atoms with Crippen molar-refractivity contribution in [3.8, 4) is 56.3 Å². The molecule has 322 valence electrons. The summed E-state index contributed by atoms with van der Waals surface area (Å²) in [4.78, 5) is 19.3. The lowest BCUT2D eigenvalue weighted by molar-refractivity contribution is -0.112. The molecule has 6 nitrogen and oxygen atoms in total. The average Bonchev–Trinajstić information content (AvgIpc) is 4.04. The van der Waals surface area contributed by atoms with Gasteiger partial charge in [-0.3, -0.25) is 11.1 Å². The molecular formula is C59H57N6+.